The first kappa shape index (κ1) is 14.6. The van der Waals surface area contributed by atoms with Crippen LogP contribution >= 0.6 is 0 Å². The van der Waals surface area contributed by atoms with Gasteiger partial charge in [-0.25, -0.2) is 4.98 Å². The van der Waals surface area contributed by atoms with Gasteiger partial charge in [0.05, 0.1) is 13.0 Å². The van der Waals surface area contributed by atoms with Crippen LogP contribution < -0.4 is 4.74 Å². The molecule has 0 aliphatic heterocycles. The van der Waals surface area contributed by atoms with Crippen LogP contribution in [0.5, 0.6) is 5.75 Å². The molecule has 0 bridgehead atoms. The molecule has 1 aromatic carbocycles. The summed E-state index contributed by atoms with van der Waals surface area (Å²) in [6.07, 6.45) is 4.59. The number of carboxylic acid groups (broad SMARTS) is 1. The van der Waals surface area contributed by atoms with Crippen molar-refractivity contribution in [2.24, 2.45) is 5.92 Å². The third kappa shape index (κ3) is 2.84. The van der Waals surface area contributed by atoms with E-state index in [1.807, 2.05) is 30.5 Å². The van der Waals surface area contributed by atoms with Crippen molar-refractivity contribution in [3.8, 4) is 17.1 Å². The molecule has 1 unspecified atom stereocenters. The van der Waals surface area contributed by atoms with Crippen molar-refractivity contribution in [2.75, 3.05) is 7.11 Å². The first-order valence-corrected chi connectivity index (χ1v) is 7.53. The predicted molar refractivity (Wildman–Crippen MR) is 83.0 cm³/mol. The summed E-state index contributed by atoms with van der Waals surface area (Å²) in [5.41, 5.74) is 2.03. The van der Waals surface area contributed by atoms with Gasteiger partial charge in [0.2, 0.25) is 0 Å². The number of carboxylic acids is 1. The Kier molecular flexibility index (Phi) is 3.88. The zero-order valence-electron chi connectivity index (χ0n) is 12.8. The van der Waals surface area contributed by atoms with Crippen molar-refractivity contribution in [3.63, 3.8) is 0 Å². The molecule has 1 heterocycles. The fourth-order valence-electron chi connectivity index (χ4n) is 2.64. The number of aromatic nitrogens is 2. The van der Waals surface area contributed by atoms with E-state index in [9.17, 15) is 4.79 Å². The number of ether oxygens (including phenoxy) is 1. The molecule has 3 rings (SSSR count). The van der Waals surface area contributed by atoms with Crippen LogP contribution in [0.4, 0.5) is 0 Å². The second kappa shape index (κ2) is 5.83. The molecule has 5 heteroatoms. The first-order valence-electron chi connectivity index (χ1n) is 7.53. The smallest absolute Gasteiger partial charge is 0.306 e. The zero-order chi connectivity index (χ0) is 15.7. The van der Waals surface area contributed by atoms with Crippen LogP contribution in [0.25, 0.3) is 11.4 Å². The van der Waals surface area contributed by atoms with Crippen LogP contribution in [0.15, 0.2) is 30.5 Å². The first-order chi connectivity index (χ1) is 10.6. The number of hydrogen-bond donors (Lipinski definition) is 1. The molecule has 5 nitrogen and oxygen atoms in total. The van der Waals surface area contributed by atoms with E-state index in [0.29, 0.717) is 12.5 Å². The maximum absolute atomic E-state index is 11.1. The Hall–Kier alpha value is -2.30. The van der Waals surface area contributed by atoms with Gasteiger partial charge in [0.1, 0.15) is 11.6 Å². The average Bonchev–Trinajstić information content (AvgIpc) is 3.28. The second-order valence-corrected chi connectivity index (χ2v) is 5.85. The number of hydrogen-bond acceptors (Lipinski definition) is 3. The van der Waals surface area contributed by atoms with Crippen molar-refractivity contribution in [3.05, 3.63) is 36.2 Å². The highest BCUT2D eigenvalue weighted by Crippen LogP contribution is 2.40. The number of imidazole rings is 1. The van der Waals surface area contributed by atoms with Crippen LogP contribution in [0.1, 0.15) is 31.5 Å². The lowest BCUT2D eigenvalue weighted by Gasteiger charge is -2.13. The molecule has 0 radical (unpaired) electrons. The molecule has 0 amide bonds. The monoisotopic (exact) mass is 300 g/mol. The van der Waals surface area contributed by atoms with Gasteiger partial charge in [0, 0.05) is 29.9 Å². The Morgan fingerprint density at radius 2 is 2.09 bits per heavy atom. The van der Waals surface area contributed by atoms with Crippen molar-refractivity contribution in [1.82, 2.24) is 9.55 Å². The van der Waals surface area contributed by atoms with Crippen LogP contribution in [0, 0.1) is 5.92 Å². The molecule has 0 saturated heterocycles. The number of nitrogens with zero attached hydrogens (tertiary/aromatic N) is 2. The Morgan fingerprint density at radius 3 is 2.64 bits per heavy atom. The summed E-state index contributed by atoms with van der Waals surface area (Å²) in [7, 11) is 1.64. The minimum absolute atomic E-state index is 0.405. The maximum atomic E-state index is 11.1. The standard InChI is InChI=1S/C17H20N2O3/c1-11(17(20)21)9-14-10-18-16(19(14)13-5-6-13)12-3-7-15(22-2)8-4-12/h3-4,7-8,10-11,13H,5-6,9H2,1-2H3,(H,20,21). The van der Waals surface area contributed by atoms with Gasteiger partial charge in [0.15, 0.2) is 0 Å². The summed E-state index contributed by atoms with van der Waals surface area (Å²) in [6, 6.07) is 8.27. The Morgan fingerprint density at radius 1 is 1.41 bits per heavy atom. The molecule has 1 aliphatic rings. The molecule has 1 atom stereocenters. The summed E-state index contributed by atoms with van der Waals surface area (Å²) in [5, 5.41) is 9.13. The largest absolute Gasteiger partial charge is 0.497 e. The highest BCUT2D eigenvalue weighted by atomic mass is 16.5. The van der Waals surface area contributed by atoms with Crippen LogP contribution in [-0.2, 0) is 11.2 Å². The minimum Gasteiger partial charge on any atom is -0.497 e. The summed E-state index contributed by atoms with van der Waals surface area (Å²) in [6.45, 7) is 1.74. The lowest BCUT2D eigenvalue weighted by atomic mass is 10.1. The summed E-state index contributed by atoms with van der Waals surface area (Å²) in [4.78, 5) is 15.6. The molecule has 1 aromatic heterocycles. The van der Waals surface area contributed by atoms with E-state index in [1.54, 1.807) is 14.0 Å². The molecular formula is C17H20N2O3. The minimum atomic E-state index is -0.769. The van der Waals surface area contributed by atoms with E-state index in [0.717, 1.165) is 35.7 Å². The quantitative estimate of drug-likeness (QED) is 0.890. The van der Waals surface area contributed by atoms with E-state index < -0.39 is 11.9 Å². The summed E-state index contributed by atoms with van der Waals surface area (Å²) in [5.74, 6) is 0.554. The van der Waals surface area contributed by atoms with Crippen LogP contribution in [0.2, 0.25) is 0 Å². The van der Waals surface area contributed by atoms with Crippen LogP contribution in [-0.4, -0.2) is 27.7 Å². The average molecular weight is 300 g/mol. The SMILES string of the molecule is COc1ccc(-c2ncc(CC(C)C(=O)O)n2C2CC2)cc1. The predicted octanol–water partition coefficient (Wildman–Crippen LogP) is 3.16. The third-order valence-corrected chi connectivity index (χ3v) is 4.07. The van der Waals surface area contributed by atoms with Gasteiger partial charge in [-0.15, -0.1) is 0 Å². The molecule has 2 aromatic rings. The van der Waals surface area contributed by atoms with Crippen molar-refractivity contribution >= 4 is 5.97 Å². The lowest BCUT2D eigenvalue weighted by Crippen LogP contribution is -2.15. The summed E-state index contributed by atoms with van der Waals surface area (Å²) >= 11 is 0. The molecule has 1 fully saturated rings. The highest BCUT2D eigenvalue weighted by molar-refractivity contribution is 5.70. The lowest BCUT2D eigenvalue weighted by molar-refractivity contribution is -0.141. The number of rotatable bonds is 6. The van der Waals surface area contributed by atoms with Gasteiger partial charge in [-0.2, -0.15) is 0 Å². The van der Waals surface area contributed by atoms with E-state index in [1.165, 1.54) is 0 Å². The van der Waals surface area contributed by atoms with Gasteiger partial charge in [0.25, 0.3) is 0 Å². The number of benzene rings is 1. The normalized spacial score (nSPS) is 15.5. The van der Waals surface area contributed by atoms with Crippen molar-refractivity contribution < 1.29 is 14.6 Å². The topological polar surface area (TPSA) is 64.3 Å². The fraction of sp³-hybridized carbons (Fsp3) is 0.412. The van der Waals surface area contributed by atoms with E-state index >= 15 is 0 Å². The molecule has 22 heavy (non-hydrogen) atoms. The van der Waals surface area contributed by atoms with Gasteiger partial charge in [-0.3, -0.25) is 4.79 Å². The zero-order valence-corrected chi connectivity index (χ0v) is 12.8. The Balaban J connectivity index is 1.94. The maximum Gasteiger partial charge on any atom is 0.306 e. The number of aliphatic carboxylic acids is 1. The fourth-order valence-corrected chi connectivity index (χ4v) is 2.64. The van der Waals surface area contributed by atoms with E-state index in [2.05, 4.69) is 9.55 Å². The summed E-state index contributed by atoms with van der Waals surface area (Å²) < 4.78 is 7.40. The molecule has 1 aliphatic carbocycles. The van der Waals surface area contributed by atoms with Gasteiger partial charge >= 0.3 is 5.97 Å². The molecule has 116 valence electrons. The second-order valence-electron chi connectivity index (χ2n) is 5.85. The van der Waals surface area contributed by atoms with Gasteiger partial charge in [-0.1, -0.05) is 6.92 Å². The third-order valence-electron chi connectivity index (χ3n) is 4.07. The van der Waals surface area contributed by atoms with E-state index in [4.69, 9.17) is 9.84 Å². The van der Waals surface area contributed by atoms with Crippen molar-refractivity contribution in [1.29, 1.82) is 0 Å². The Bertz CT molecular complexity index is 672. The highest BCUT2D eigenvalue weighted by Gasteiger charge is 2.29. The molecular weight excluding hydrogens is 280 g/mol. The van der Waals surface area contributed by atoms with Gasteiger partial charge < -0.3 is 14.4 Å². The molecule has 1 saturated carbocycles. The number of carbonyl (C=O) groups is 1. The molecule has 1 N–H and O–H groups in total. The molecule has 0 spiro atoms. The number of methoxy groups -OCH3 is 1. The van der Waals surface area contributed by atoms with Crippen LogP contribution in [0.3, 0.4) is 0 Å². The van der Waals surface area contributed by atoms with Crippen molar-refractivity contribution in [2.45, 2.75) is 32.2 Å². The Labute approximate surface area is 129 Å². The van der Waals surface area contributed by atoms with Gasteiger partial charge in [-0.05, 0) is 37.1 Å². The van der Waals surface area contributed by atoms with E-state index in [-0.39, 0.29) is 0 Å².